The van der Waals surface area contributed by atoms with Crippen molar-refractivity contribution in [1.29, 1.82) is 0 Å². The van der Waals surface area contributed by atoms with Crippen LogP contribution in [0.5, 0.6) is 0 Å². The van der Waals surface area contributed by atoms with Gasteiger partial charge < -0.3 is 19.9 Å². The van der Waals surface area contributed by atoms with Crippen molar-refractivity contribution in [1.82, 2.24) is 15.2 Å². The molecule has 0 spiro atoms. The average Bonchev–Trinajstić information content (AvgIpc) is 3.32. The predicted octanol–water partition coefficient (Wildman–Crippen LogP) is 4.71. The Bertz CT molecular complexity index is 1120. The lowest BCUT2D eigenvalue weighted by Gasteiger charge is -2.30. The largest absolute Gasteiger partial charge is 0.376 e. The maximum atomic E-state index is 12.8. The van der Waals surface area contributed by atoms with Gasteiger partial charge in [-0.25, -0.2) is 0 Å². The van der Waals surface area contributed by atoms with Gasteiger partial charge in [-0.15, -0.1) is 0 Å². The Morgan fingerprint density at radius 1 is 1.25 bits per heavy atom. The van der Waals surface area contributed by atoms with Gasteiger partial charge in [0.25, 0.3) is 5.56 Å². The van der Waals surface area contributed by atoms with Crippen LogP contribution in [-0.2, 0) is 17.7 Å². The van der Waals surface area contributed by atoms with Crippen LogP contribution in [0.2, 0.25) is 0 Å². The molecule has 0 amide bonds. The molecule has 0 bridgehead atoms. The van der Waals surface area contributed by atoms with Gasteiger partial charge in [0.1, 0.15) is 0 Å². The number of aromatic nitrogens is 1. The first kappa shape index (κ1) is 22.5. The number of ether oxygens (including phenoxy) is 1. The fourth-order valence-corrected chi connectivity index (χ4v) is 4.52. The van der Waals surface area contributed by atoms with Gasteiger partial charge in [-0.1, -0.05) is 43.3 Å². The molecule has 32 heavy (non-hydrogen) atoms. The molecular formula is C26H31N3O2S. The summed E-state index contributed by atoms with van der Waals surface area (Å²) in [5.74, 6) is 0. The van der Waals surface area contributed by atoms with E-state index < -0.39 is 0 Å². The number of benzene rings is 2. The van der Waals surface area contributed by atoms with Crippen molar-refractivity contribution in [3.63, 3.8) is 0 Å². The molecule has 4 rings (SSSR count). The Hall–Kier alpha value is -2.70. The molecule has 1 fully saturated rings. The number of nitrogens with zero attached hydrogens (tertiary/aromatic N) is 1. The molecule has 1 aliphatic heterocycles. The van der Waals surface area contributed by atoms with Gasteiger partial charge in [-0.2, -0.15) is 0 Å². The van der Waals surface area contributed by atoms with Crippen molar-refractivity contribution in [3.8, 4) is 0 Å². The summed E-state index contributed by atoms with van der Waals surface area (Å²) in [6, 6.07) is 18.5. The number of rotatable bonds is 7. The molecule has 2 atom stereocenters. The third-order valence-corrected chi connectivity index (χ3v) is 6.51. The van der Waals surface area contributed by atoms with Gasteiger partial charge in [0.15, 0.2) is 5.11 Å². The zero-order valence-electron chi connectivity index (χ0n) is 18.8. The fourth-order valence-electron chi connectivity index (χ4n) is 4.20. The molecule has 0 saturated carbocycles. The Morgan fingerprint density at radius 3 is 2.78 bits per heavy atom. The van der Waals surface area contributed by atoms with Crippen molar-refractivity contribution in [3.05, 3.63) is 81.6 Å². The number of fused-ring (bicyclic) bond motifs is 1. The number of pyridine rings is 1. The van der Waals surface area contributed by atoms with E-state index in [0.717, 1.165) is 36.8 Å². The van der Waals surface area contributed by atoms with Crippen molar-refractivity contribution >= 4 is 28.2 Å². The molecule has 1 saturated heterocycles. The number of aromatic amines is 1. The Labute approximate surface area is 194 Å². The van der Waals surface area contributed by atoms with E-state index in [1.165, 1.54) is 11.1 Å². The highest BCUT2D eigenvalue weighted by molar-refractivity contribution is 7.80. The molecule has 6 heteroatoms. The molecular weight excluding hydrogens is 418 g/mol. The second-order valence-corrected chi connectivity index (χ2v) is 8.88. The van der Waals surface area contributed by atoms with Crippen LogP contribution in [0.25, 0.3) is 10.9 Å². The monoisotopic (exact) mass is 449 g/mol. The number of H-pyrrole nitrogens is 1. The summed E-state index contributed by atoms with van der Waals surface area (Å²) in [4.78, 5) is 18.0. The van der Waals surface area contributed by atoms with Gasteiger partial charge in [-0.05, 0) is 73.1 Å². The van der Waals surface area contributed by atoms with Gasteiger partial charge in [0, 0.05) is 24.2 Å². The molecule has 5 nitrogen and oxygen atoms in total. The van der Waals surface area contributed by atoms with E-state index in [9.17, 15) is 4.79 Å². The van der Waals surface area contributed by atoms with Crippen LogP contribution in [0.15, 0.2) is 59.4 Å². The van der Waals surface area contributed by atoms with Crippen LogP contribution in [0.1, 0.15) is 49.4 Å². The topological polar surface area (TPSA) is 57.4 Å². The highest BCUT2D eigenvalue weighted by Gasteiger charge is 2.23. The summed E-state index contributed by atoms with van der Waals surface area (Å²) in [6.07, 6.45) is 3.17. The van der Waals surface area contributed by atoms with E-state index in [1.54, 1.807) is 0 Å². The predicted molar refractivity (Wildman–Crippen MR) is 134 cm³/mol. The van der Waals surface area contributed by atoms with E-state index in [1.807, 2.05) is 30.3 Å². The molecule has 0 radical (unpaired) electrons. The number of thiocarbonyl (C=S) groups is 1. The summed E-state index contributed by atoms with van der Waals surface area (Å²) in [5.41, 5.74) is 3.92. The molecule has 0 unspecified atom stereocenters. The highest BCUT2D eigenvalue weighted by atomic mass is 32.1. The SMILES string of the molecule is CCc1ccc2[nH]c(=O)c(CN(C[C@@H]3CCCO3)C(=S)N[C@@H](C)c3ccccc3)cc2c1. The molecule has 1 aliphatic rings. The average molecular weight is 450 g/mol. The van der Waals surface area contributed by atoms with E-state index in [2.05, 4.69) is 53.3 Å². The van der Waals surface area contributed by atoms with Crippen LogP contribution in [0.4, 0.5) is 0 Å². The Morgan fingerprint density at radius 2 is 2.06 bits per heavy atom. The fraction of sp³-hybridized carbons (Fsp3) is 0.385. The lowest BCUT2D eigenvalue weighted by molar-refractivity contribution is 0.0895. The third kappa shape index (κ3) is 5.37. The smallest absolute Gasteiger partial charge is 0.253 e. The first-order valence-electron chi connectivity index (χ1n) is 11.4. The summed E-state index contributed by atoms with van der Waals surface area (Å²) in [7, 11) is 0. The highest BCUT2D eigenvalue weighted by Crippen LogP contribution is 2.19. The van der Waals surface area contributed by atoms with Gasteiger partial charge in [0.05, 0.1) is 18.7 Å². The molecule has 2 heterocycles. The molecule has 1 aromatic heterocycles. The first-order valence-corrected chi connectivity index (χ1v) is 11.8. The van der Waals surface area contributed by atoms with Crippen molar-refractivity contribution in [2.45, 2.75) is 51.8 Å². The maximum absolute atomic E-state index is 12.8. The molecule has 2 aromatic carbocycles. The summed E-state index contributed by atoms with van der Waals surface area (Å²) in [5, 5.41) is 5.14. The lowest BCUT2D eigenvalue weighted by atomic mass is 10.1. The van der Waals surface area contributed by atoms with Gasteiger partial charge in [0.2, 0.25) is 0 Å². The number of hydrogen-bond donors (Lipinski definition) is 2. The van der Waals surface area contributed by atoms with Crippen molar-refractivity contribution < 1.29 is 4.74 Å². The van der Waals surface area contributed by atoms with Crippen LogP contribution < -0.4 is 10.9 Å². The number of nitrogens with one attached hydrogen (secondary N) is 2. The minimum absolute atomic E-state index is 0.0673. The van der Waals surface area contributed by atoms with E-state index >= 15 is 0 Å². The summed E-state index contributed by atoms with van der Waals surface area (Å²) in [6.45, 7) is 6.13. The second kappa shape index (κ2) is 10.3. The number of hydrogen-bond acceptors (Lipinski definition) is 3. The molecule has 2 N–H and O–H groups in total. The first-order chi connectivity index (χ1) is 15.5. The maximum Gasteiger partial charge on any atom is 0.253 e. The van der Waals surface area contributed by atoms with Crippen molar-refractivity contribution in [2.24, 2.45) is 0 Å². The zero-order chi connectivity index (χ0) is 22.5. The van der Waals surface area contributed by atoms with Gasteiger partial charge >= 0.3 is 0 Å². The molecule has 168 valence electrons. The van der Waals surface area contributed by atoms with Crippen LogP contribution in [0, 0.1) is 0 Å². The molecule has 3 aromatic rings. The number of aryl methyl sites for hydroxylation is 1. The van der Waals surface area contributed by atoms with Crippen molar-refractivity contribution in [2.75, 3.05) is 13.2 Å². The van der Waals surface area contributed by atoms with Gasteiger partial charge in [-0.3, -0.25) is 4.79 Å². The van der Waals surface area contributed by atoms with Crippen LogP contribution >= 0.6 is 12.2 Å². The van der Waals surface area contributed by atoms with Crippen LogP contribution in [-0.4, -0.2) is 34.3 Å². The lowest BCUT2D eigenvalue weighted by Crippen LogP contribution is -2.44. The Kier molecular flexibility index (Phi) is 7.22. The van der Waals surface area contributed by atoms with E-state index in [4.69, 9.17) is 17.0 Å². The summed E-state index contributed by atoms with van der Waals surface area (Å²) < 4.78 is 5.88. The second-order valence-electron chi connectivity index (χ2n) is 8.50. The standard InChI is InChI=1S/C26H31N3O2S/c1-3-19-11-12-24-21(14-19)15-22(25(30)28-24)16-29(17-23-10-7-13-31-23)26(32)27-18(2)20-8-5-4-6-9-20/h4-6,8-9,11-12,14-15,18,23H,3,7,10,13,16-17H2,1-2H3,(H,27,32)(H,28,30)/t18-,23-/m0/s1. The zero-order valence-corrected chi connectivity index (χ0v) is 19.6. The quantitative estimate of drug-likeness (QED) is 0.512. The van der Waals surface area contributed by atoms with E-state index in [-0.39, 0.29) is 17.7 Å². The van der Waals surface area contributed by atoms with E-state index in [0.29, 0.717) is 23.8 Å². The van der Waals surface area contributed by atoms with Crippen LogP contribution in [0.3, 0.4) is 0 Å². The summed E-state index contributed by atoms with van der Waals surface area (Å²) >= 11 is 5.81. The Balaban J connectivity index is 1.58. The minimum Gasteiger partial charge on any atom is -0.376 e. The third-order valence-electron chi connectivity index (χ3n) is 6.13. The normalized spacial score (nSPS) is 16.8. The molecule has 0 aliphatic carbocycles. The minimum atomic E-state index is -0.0713.